The number of alkyl carbamates (subject to hydrolysis) is 1. The van der Waals surface area contributed by atoms with Gasteiger partial charge in [0.1, 0.15) is 6.61 Å². The van der Waals surface area contributed by atoms with E-state index >= 15 is 0 Å². The average Bonchev–Trinajstić information content (AvgIpc) is 2.24. The maximum Gasteiger partial charge on any atom is 0.407 e. The Labute approximate surface area is 100.0 Å². The van der Waals surface area contributed by atoms with E-state index in [4.69, 9.17) is 4.74 Å². The average molecular weight is 250 g/mol. The molecule has 0 radical (unpaired) electrons. The van der Waals surface area contributed by atoms with Crippen molar-refractivity contribution in [3.8, 4) is 0 Å². The van der Waals surface area contributed by atoms with E-state index in [1.807, 2.05) is 14.0 Å². The normalized spacial score (nSPS) is 12.5. The van der Waals surface area contributed by atoms with Crippen molar-refractivity contribution in [2.24, 2.45) is 0 Å². The first kappa shape index (κ1) is 15.4. The quantitative estimate of drug-likeness (QED) is 0.635. The second-order valence-electron chi connectivity index (χ2n) is 3.59. The van der Waals surface area contributed by atoms with Gasteiger partial charge in [0.05, 0.1) is 0 Å². The Morgan fingerprint density at radius 2 is 2.19 bits per heavy atom. The van der Waals surface area contributed by atoms with E-state index in [9.17, 15) is 9.00 Å². The molecule has 0 saturated heterocycles. The molecule has 0 saturated carbocycles. The Kier molecular flexibility index (Phi) is 9.22. The van der Waals surface area contributed by atoms with Gasteiger partial charge in [-0.1, -0.05) is 6.92 Å². The van der Waals surface area contributed by atoms with Crippen molar-refractivity contribution >= 4 is 16.9 Å². The molecule has 16 heavy (non-hydrogen) atoms. The number of carbonyl (C=O) groups excluding carboxylic acids is 1. The molecule has 0 spiro atoms. The Bertz CT molecular complexity index is 224. The zero-order valence-electron chi connectivity index (χ0n) is 10.3. The van der Waals surface area contributed by atoms with Crippen LogP contribution in [0, 0.1) is 0 Å². The monoisotopic (exact) mass is 250 g/mol. The fraction of sp³-hybridized carbons (Fsp3) is 0.900. The van der Waals surface area contributed by atoms with Gasteiger partial charge in [0, 0.05) is 35.9 Å². The van der Waals surface area contributed by atoms with E-state index in [1.54, 1.807) is 6.26 Å². The predicted octanol–water partition coefficient (Wildman–Crippen LogP) is 0.433. The highest BCUT2D eigenvalue weighted by molar-refractivity contribution is 7.84. The molecule has 1 unspecified atom stereocenters. The van der Waals surface area contributed by atoms with Crippen molar-refractivity contribution in [3.05, 3.63) is 0 Å². The minimum Gasteiger partial charge on any atom is -0.448 e. The van der Waals surface area contributed by atoms with Gasteiger partial charge in [-0.15, -0.1) is 0 Å². The van der Waals surface area contributed by atoms with Crippen LogP contribution in [-0.4, -0.2) is 60.5 Å². The van der Waals surface area contributed by atoms with Gasteiger partial charge in [0.2, 0.25) is 0 Å². The Balaban J connectivity index is 3.34. The number of ether oxygens (including phenoxy) is 1. The Hall–Kier alpha value is -0.620. The van der Waals surface area contributed by atoms with E-state index in [2.05, 4.69) is 10.2 Å². The van der Waals surface area contributed by atoms with Crippen LogP contribution in [0.25, 0.3) is 0 Å². The molecule has 0 aliphatic rings. The summed E-state index contributed by atoms with van der Waals surface area (Å²) in [5, 5.41) is 2.62. The molecule has 0 heterocycles. The molecule has 0 rings (SSSR count). The van der Waals surface area contributed by atoms with E-state index in [1.165, 1.54) is 0 Å². The highest BCUT2D eigenvalue weighted by Gasteiger charge is 2.02. The largest absolute Gasteiger partial charge is 0.448 e. The first-order chi connectivity index (χ1) is 7.56. The van der Waals surface area contributed by atoms with Crippen LogP contribution in [0.5, 0.6) is 0 Å². The third-order valence-corrected chi connectivity index (χ3v) is 2.99. The first-order valence-corrected chi connectivity index (χ1v) is 7.18. The number of hydrogen-bond acceptors (Lipinski definition) is 4. The fourth-order valence-electron chi connectivity index (χ4n) is 0.969. The lowest BCUT2D eigenvalue weighted by Crippen LogP contribution is -2.30. The SMILES string of the molecule is CCN(C)CCOC(=O)NCCCS(C)=O. The predicted molar refractivity (Wildman–Crippen MR) is 66.1 cm³/mol. The van der Waals surface area contributed by atoms with Gasteiger partial charge < -0.3 is 15.0 Å². The summed E-state index contributed by atoms with van der Waals surface area (Å²) >= 11 is 0. The highest BCUT2D eigenvalue weighted by atomic mass is 32.2. The molecular weight excluding hydrogens is 228 g/mol. The molecule has 0 aliphatic heterocycles. The maximum atomic E-state index is 11.1. The molecule has 6 heteroatoms. The van der Waals surface area contributed by atoms with Gasteiger partial charge in [-0.05, 0) is 20.0 Å². The maximum absolute atomic E-state index is 11.1. The van der Waals surface area contributed by atoms with Crippen LogP contribution in [0.3, 0.4) is 0 Å². The fourth-order valence-corrected chi connectivity index (χ4v) is 1.52. The number of rotatable bonds is 8. The van der Waals surface area contributed by atoms with E-state index in [0.717, 1.165) is 13.1 Å². The summed E-state index contributed by atoms with van der Waals surface area (Å²) in [7, 11) is 1.18. The standard InChI is InChI=1S/C10H22N2O3S/c1-4-12(2)7-8-15-10(13)11-6-5-9-16(3)14/h4-9H2,1-3H3,(H,11,13). The smallest absolute Gasteiger partial charge is 0.407 e. The van der Waals surface area contributed by atoms with Gasteiger partial charge in [0.15, 0.2) is 0 Å². The molecule has 0 bridgehead atoms. The van der Waals surface area contributed by atoms with Crippen molar-refractivity contribution in [1.29, 1.82) is 0 Å². The number of nitrogens with one attached hydrogen (secondary N) is 1. The minimum atomic E-state index is -0.792. The molecule has 1 atom stereocenters. The second kappa shape index (κ2) is 9.59. The molecule has 1 N–H and O–H groups in total. The number of nitrogens with zero attached hydrogens (tertiary/aromatic N) is 1. The number of amides is 1. The van der Waals surface area contributed by atoms with Gasteiger partial charge in [0.25, 0.3) is 0 Å². The topological polar surface area (TPSA) is 58.6 Å². The van der Waals surface area contributed by atoms with Crippen molar-refractivity contribution in [3.63, 3.8) is 0 Å². The second-order valence-corrected chi connectivity index (χ2v) is 5.14. The molecule has 0 fully saturated rings. The lowest BCUT2D eigenvalue weighted by molar-refractivity contribution is 0.134. The third-order valence-electron chi connectivity index (χ3n) is 2.12. The molecule has 96 valence electrons. The number of likely N-dealkylation sites (N-methyl/N-ethyl adjacent to an activating group) is 1. The van der Waals surface area contributed by atoms with Crippen LogP contribution in [0.2, 0.25) is 0 Å². The van der Waals surface area contributed by atoms with E-state index in [-0.39, 0.29) is 0 Å². The van der Waals surface area contributed by atoms with Crippen LogP contribution in [0.4, 0.5) is 4.79 Å². The molecule has 0 aromatic rings. The molecule has 0 aromatic heterocycles. The summed E-state index contributed by atoms with van der Waals surface area (Å²) in [6.45, 7) is 4.64. The van der Waals surface area contributed by atoms with Crippen molar-refractivity contribution in [2.75, 3.05) is 45.3 Å². The van der Waals surface area contributed by atoms with Crippen LogP contribution in [-0.2, 0) is 15.5 Å². The van der Waals surface area contributed by atoms with Gasteiger partial charge in [-0.3, -0.25) is 4.21 Å². The lowest BCUT2D eigenvalue weighted by Gasteiger charge is -2.13. The molecule has 0 aromatic carbocycles. The van der Waals surface area contributed by atoms with Crippen LogP contribution >= 0.6 is 0 Å². The molecule has 1 amide bonds. The number of hydrogen-bond donors (Lipinski definition) is 1. The van der Waals surface area contributed by atoms with E-state index < -0.39 is 16.9 Å². The van der Waals surface area contributed by atoms with Crippen LogP contribution in [0.1, 0.15) is 13.3 Å². The molecular formula is C10H22N2O3S. The van der Waals surface area contributed by atoms with E-state index in [0.29, 0.717) is 25.3 Å². The van der Waals surface area contributed by atoms with Crippen molar-refractivity contribution < 1.29 is 13.7 Å². The summed E-state index contributed by atoms with van der Waals surface area (Å²) in [5.41, 5.74) is 0. The molecule has 5 nitrogen and oxygen atoms in total. The van der Waals surface area contributed by atoms with Crippen LogP contribution in [0.15, 0.2) is 0 Å². The Morgan fingerprint density at radius 3 is 2.75 bits per heavy atom. The van der Waals surface area contributed by atoms with Gasteiger partial charge >= 0.3 is 6.09 Å². The summed E-state index contributed by atoms with van der Waals surface area (Å²) in [4.78, 5) is 13.2. The highest BCUT2D eigenvalue weighted by Crippen LogP contribution is 1.85. The zero-order chi connectivity index (χ0) is 12.4. The third kappa shape index (κ3) is 9.92. The molecule has 0 aliphatic carbocycles. The zero-order valence-corrected chi connectivity index (χ0v) is 11.1. The summed E-state index contributed by atoms with van der Waals surface area (Å²) in [5.74, 6) is 0.610. The summed E-state index contributed by atoms with van der Waals surface area (Å²) in [6.07, 6.45) is 1.97. The number of carbonyl (C=O) groups is 1. The lowest BCUT2D eigenvalue weighted by atomic mass is 10.5. The van der Waals surface area contributed by atoms with Crippen molar-refractivity contribution in [1.82, 2.24) is 10.2 Å². The minimum absolute atomic E-state index is 0.397. The van der Waals surface area contributed by atoms with Gasteiger partial charge in [-0.2, -0.15) is 0 Å². The van der Waals surface area contributed by atoms with Crippen molar-refractivity contribution in [2.45, 2.75) is 13.3 Å². The summed E-state index contributed by atoms with van der Waals surface area (Å²) < 4.78 is 15.7. The summed E-state index contributed by atoms with van der Waals surface area (Å²) in [6, 6.07) is 0. The first-order valence-electron chi connectivity index (χ1n) is 5.45. The Morgan fingerprint density at radius 1 is 1.50 bits per heavy atom. The van der Waals surface area contributed by atoms with Gasteiger partial charge in [-0.25, -0.2) is 4.79 Å². The van der Waals surface area contributed by atoms with Crippen LogP contribution < -0.4 is 5.32 Å².